The first kappa shape index (κ1) is 37.6. The van der Waals surface area contributed by atoms with Gasteiger partial charge >= 0.3 is 6.09 Å². The van der Waals surface area contributed by atoms with Gasteiger partial charge in [-0.2, -0.15) is 0 Å². The maximum atomic E-state index is 14.0. The summed E-state index contributed by atoms with van der Waals surface area (Å²) in [6, 6.07) is 15.1. The maximum Gasteiger partial charge on any atom is 0.410 e. The van der Waals surface area contributed by atoms with E-state index in [2.05, 4.69) is 52.5 Å². The first-order valence-electron chi connectivity index (χ1n) is 19.0. The molecule has 1 saturated carbocycles. The van der Waals surface area contributed by atoms with Gasteiger partial charge in [-0.1, -0.05) is 24.3 Å². The van der Waals surface area contributed by atoms with Crippen molar-refractivity contribution >= 4 is 17.7 Å². The van der Waals surface area contributed by atoms with Crippen LogP contribution >= 0.6 is 0 Å². The molecule has 0 unspecified atom stereocenters. The number of benzene rings is 2. The number of hydrogen-bond acceptors (Lipinski definition) is 7. The van der Waals surface area contributed by atoms with Crippen molar-refractivity contribution in [2.45, 2.75) is 117 Å². The van der Waals surface area contributed by atoms with E-state index in [0.717, 1.165) is 85.5 Å². The number of carbonyl (C=O) groups is 2. The van der Waals surface area contributed by atoms with Crippen LogP contribution in [0.1, 0.15) is 104 Å². The normalized spacial score (nSPS) is 19.6. The van der Waals surface area contributed by atoms with E-state index in [4.69, 9.17) is 14.2 Å². The zero-order valence-electron chi connectivity index (χ0n) is 32.0. The highest BCUT2D eigenvalue weighted by atomic mass is 16.6. The summed E-state index contributed by atoms with van der Waals surface area (Å²) >= 11 is 0. The van der Waals surface area contributed by atoms with Crippen LogP contribution < -0.4 is 15.8 Å². The molecule has 6 rings (SSSR count). The lowest BCUT2D eigenvalue weighted by molar-refractivity contribution is -0.00859. The number of anilines is 1. The standard InChI is InChI=1S/C42H56N4O6/c1-8-45(32-12-16-50-17-13-32)37-23-31(22-34(28(37)4)39(47)43-25-36-26(2)20-27(3)44-40(36)48)29-10-9-11-30(21-29)35-24-38(35)46(33-14-18-51-19-15-33)41(49)52-42(5,6)7/h9-11,20-23,32-33,35,38H,8,12-19,24-25H2,1-7H3,(H,43,47)(H,44,48)/t35-,38+/m1/s1. The quantitative estimate of drug-likeness (QED) is 0.229. The molecule has 0 radical (unpaired) electrons. The number of pyridine rings is 1. The number of nitrogens with zero attached hydrogens (tertiary/aromatic N) is 2. The number of amides is 2. The number of aromatic amines is 1. The minimum absolute atomic E-state index is 0.0561. The van der Waals surface area contributed by atoms with Gasteiger partial charge in [0.25, 0.3) is 11.5 Å². The van der Waals surface area contributed by atoms with Crippen molar-refractivity contribution < 1.29 is 23.8 Å². The molecule has 1 aliphatic carbocycles. The van der Waals surface area contributed by atoms with Gasteiger partial charge in [-0.25, -0.2) is 4.79 Å². The zero-order chi connectivity index (χ0) is 37.2. The van der Waals surface area contributed by atoms with E-state index in [1.54, 1.807) is 0 Å². The molecule has 3 aromatic rings. The predicted molar refractivity (Wildman–Crippen MR) is 204 cm³/mol. The van der Waals surface area contributed by atoms with Crippen molar-refractivity contribution in [3.05, 3.63) is 86.3 Å². The average molecular weight is 713 g/mol. The number of nitrogens with one attached hydrogen (secondary N) is 2. The van der Waals surface area contributed by atoms with Gasteiger partial charge in [0.1, 0.15) is 5.60 Å². The Labute approximate surface area is 308 Å². The summed E-state index contributed by atoms with van der Waals surface area (Å²) in [7, 11) is 0. The summed E-state index contributed by atoms with van der Waals surface area (Å²) in [6.07, 6.45) is 4.08. The molecule has 2 N–H and O–H groups in total. The molecule has 10 nitrogen and oxygen atoms in total. The number of rotatable bonds is 10. The van der Waals surface area contributed by atoms with Gasteiger partial charge in [0.05, 0.1) is 0 Å². The summed E-state index contributed by atoms with van der Waals surface area (Å²) in [5.41, 5.74) is 7.10. The maximum absolute atomic E-state index is 14.0. The molecule has 0 spiro atoms. The fraction of sp³-hybridized carbons (Fsp3) is 0.548. The van der Waals surface area contributed by atoms with Gasteiger partial charge in [0, 0.05) is 86.1 Å². The minimum atomic E-state index is -0.580. The smallest absolute Gasteiger partial charge is 0.410 e. The summed E-state index contributed by atoms with van der Waals surface area (Å²) in [5.74, 6) is -0.0286. The van der Waals surface area contributed by atoms with Crippen molar-refractivity contribution in [1.82, 2.24) is 15.2 Å². The van der Waals surface area contributed by atoms with Gasteiger partial charge in [-0.15, -0.1) is 0 Å². The lowest BCUT2D eigenvalue weighted by atomic mass is 9.94. The minimum Gasteiger partial charge on any atom is -0.444 e. The molecule has 2 amide bonds. The second kappa shape index (κ2) is 15.8. The van der Waals surface area contributed by atoms with Gasteiger partial charge < -0.3 is 34.3 Å². The van der Waals surface area contributed by atoms with Gasteiger partial charge in [-0.05, 0) is 127 Å². The third-order valence-electron chi connectivity index (χ3n) is 10.8. The first-order valence-corrected chi connectivity index (χ1v) is 19.0. The van der Waals surface area contributed by atoms with Crippen LogP contribution in [0.5, 0.6) is 0 Å². The van der Waals surface area contributed by atoms with Crippen LogP contribution in [0.3, 0.4) is 0 Å². The van der Waals surface area contributed by atoms with Crippen LogP contribution in [-0.4, -0.2) is 78.6 Å². The largest absolute Gasteiger partial charge is 0.444 e. The van der Waals surface area contributed by atoms with Crippen LogP contribution in [-0.2, 0) is 20.8 Å². The van der Waals surface area contributed by atoms with Crippen molar-refractivity contribution in [3.8, 4) is 11.1 Å². The third-order valence-corrected chi connectivity index (χ3v) is 10.8. The van der Waals surface area contributed by atoms with E-state index in [1.165, 1.54) is 5.56 Å². The SMILES string of the molecule is CCN(c1cc(-c2cccc([C@H]3C[C@@H]3N(C(=O)OC(C)(C)C)C3CCOCC3)c2)cc(C(=O)NCc2c(C)cc(C)[nH]c2=O)c1C)C1CCOCC1. The Kier molecular flexibility index (Phi) is 11.5. The van der Waals surface area contributed by atoms with Crippen LogP contribution in [0, 0.1) is 20.8 Å². The molecule has 10 heteroatoms. The molecule has 2 atom stereocenters. The Balaban J connectivity index is 1.33. The zero-order valence-corrected chi connectivity index (χ0v) is 32.0. The Morgan fingerprint density at radius 1 is 0.923 bits per heavy atom. The fourth-order valence-electron chi connectivity index (χ4n) is 8.02. The van der Waals surface area contributed by atoms with Crippen LogP contribution in [0.2, 0.25) is 0 Å². The molecular formula is C42H56N4O6. The van der Waals surface area contributed by atoms with Crippen molar-refractivity contribution in [1.29, 1.82) is 0 Å². The number of H-pyrrole nitrogens is 1. The molecule has 3 heterocycles. The molecule has 3 fully saturated rings. The topological polar surface area (TPSA) is 113 Å². The predicted octanol–water partition coefficient (Wildman–Crippen LogP) is 7.17. The van der Waals surface area contributed by atoms with E-state index < -0.39 is 5.60 Å². The lowest BCUT2D eigenvalue weighted by Crippen LogP contribution is -2.47. The van der Waals surface area contributed by atoms with Crippen molar-refractivity contribution in [2.75, 3.05) is 37.9 Å². The van der Waals surface area contributed by atoms with E-state index in [9.17, 15) is 14.4 Å². The third kappa shape index (κ3) is 8.55. The Bertz CT molecular complexity index is 1820. The number of aromatic nitrogens is 1. The van der Waals surface area contributed by atoms with Crippen molar-refractivity contribution in [3.63, 3.8) is 0 Å². The van der Waals surface area contributed by atoms with Crippen LogP contribution in [0.15, 0.2) is 47.3 Å². The Hall–Kier alpha value is -4.15. The summed E-state index contributed by atoms with van der Waals surface area (Å²) in [6.45, 7) is 17.3. The summed E-state index contributed by atoms with van der Waals surface area (Å²) < 4.78 is 17.3. The van der Waals surface area contributed by atoms with Crippen molar-refractivity contribution in [2.24, 2.45) is 0 Å². The molecule has 0 bridgehead atoms. The Morgan fingerprint density at radius 2 is 1.60 bits per heavy atom. The first-order chi connectivity index (χ1) is 24.8. The number of carbonyl (C=O) groups excluding carboxylic acids is 2. The number of ether oxygens (including phenoxy) is 3. The molecule has 2 saturated heterocycles. The molecule has 2 aromatic carbocycles. The van der Waals surface area contributed by atoms with Gasteiger partial charge in [-0.3, -0.25) is 9.59 Å². The highest BCUT2D eigenvalue weighted by Crippen LogP contribution is 2.48. The fourth-order valence-corrected chi connectivity index (χ4v) is 8.02. The molecule has 2 aliphatic heterocycles. The highest BCUT2D eigenvalue weighted by molar-refractivity contribution is 5.99. The highest BCUT2D eigenvalue weighted by Gasteiger charge is 2.48. The summed E-state index contributed by atoms with van der Waals surface area (Å²) in [4.78, 5) is 47.7. The van der Waals surface area contributed by atoms with Crippen LogP contribution in [0.25, 0.3) is 11.1 Å². The monoisotopic (exact) mass is 712 g/mol. The van der Waals surface area contributed by atoms with Gasteiger partial charge in [0.2, 0.25) is 0 Å². The van der Waals surface area contributed by atoms with E-state index in [-0.39, 0.29) is 42.1 Å². The Morgan fingerprint density at radius 3 is 2.23 bits per heavy atom. The molecular weight excluding hydrogens is 656 g/mol. The second-order valence-electron chi connectivity index (χ2n) is 15.7. The number of hydrogen-bond donors (Lipinski definition) is 2. The van der Waals surface area contributed by atoms with E-state index in [1.807, 2.05) is 58.6 Å². The molecule has 280 valence electrons. The molecule has 3 aliphatic rings. The second-order valence-corrected chi connectivity index (χ2v) is 15.7. The van der Waals surface area contributed by atoms with E-state index >= 15 is 0 Å². The molecule has 52 heavy (non-hydrogen) atoms. The van der Waals surface area contributed by atoms with Crippen LogP contribution in [0.4, 0.5) is 10.5 Å². The summed E-state index contributed by atoms with van der Waals surface area (Å²) in [5, 5.41) is 3.06. The average Bonchev–Trinajstić information content (AvgIpc) is 3.89. The van der Waals surface area contributed by atoms with E-state index in [0.29, 0.717) is 30.4 Å². The number of aryl methyl sites for hydroxylation is 2. The van der Waals surface area contributed by atoms with Gasteiger partial charge in [0.15, 0.2) is 0 Å². The molecule has 1 aromatic heterocycles. The lowest BCUT2D eigenvalue weighted by Gasteiger charge is -2.37.